The summed E-state index contributed by atoms with van der Waals surface area (Å²) in [4.78, 5) is 30.4. The quantitative estimate of drug-likeness (QED) is 0.567. The van der Waals surface area contributed by atoms with Crippen LogP contribution in [0.1, 0.15) is 18.4 Å². The second kappa shape index (κ2) is 8.02. The van der Waals surface area contributed by atoms with Gasteiger partial charge in [-0.15, -0.1) is 0 Å². The van der Waals surface area contributed by atoms with Crippen LogP contribution in [-0.2, 0) is 11.2 Å². The number of aromatic nitrogens is 4. The van der Waals surface area contributed by atoms with Gasteiger partial charge in [-0.2, -0.15) is 9.97 Å². The van der Waals surface area contributed by atoms with Gasteiger partial charge in [0, 0.05) is 19.6 Å². The number of H-pyrrole nitrogens is 1. The van der Waals surface area contributed by atoms with Crippen LogP contribution in [0.15, 0.2) is 30.6 Å². The molecular formula is C19H21ClN6O2. The number of nitrogens with zero attached hydrogens (tertiary/aromatic N) is 4. The van der Waals surface area contributed by atoms with Crippen LogP contribution in [0.2, 0.25) is 5.28 Å². The average Bonchev–Trinajstić information content (AvgIpc) is 3.17. The van der Waals surface area contributed by atoms with E-state index < -0.39 is 0 Å². The predicted octanol–water partition coefficient (Wildman–Crippen LogP) is 2.29. The van der Waals surface area contributed by atoms with Crippen molar-refractivity contribution in [3.8, 4) is 5.75 Å². The SMILES string of the molecule is O=C(NCCc1ccc(O)cc1)[C@H]1CCCN(c2nc(Cl)nc3nc[nH]c23)C1. The maximum absolute atomic E-state index is 12.6. The molecular weight excluding hydrogens is 380 g/mol. The van der Waals surface area contributed by atoms with Crippen molar-refractivity contribution in [2.75, 3.05) is 24.5 Å². The molecule has 3 aromatic rings. The molecule has 1 fully saturated rings. The number of carbonyl (C=O) groups is 1. The molecule has 146 valence electrons. The van der Waals surface area contributed by atoms with Gasteiger partial charge < -0.3 is 20.3 Å². The van der Waals surface area contributed by atoms with Gasteiger partial charge in [0.2, 0.25) is 11.2 Å². The minimum absolute atomic E-state index is 0.0458. The molecule has 8 nitrogen and oxygen atoms in total. The Morgan fingerprint density at radius 3 is 2.96 bits per heavy atom. The number of amides is 1. The summed E-state index contributed by atoms with van der Waals surface area (Å²) in [5, 5.41) is 12.5. The maximum Gasteiger partial charge on any atom is 0.226 e. The Morgan fingerprint density at radius 2 is 2.14 bits per heavy atom. The van der Waals surface area contributed by atoms with Crippen molar-refractivity contribution in [1.82, 2.24) is 25.3 Å². The number of phenols is 1. The lowest BCUT2D eigenvalue weighted by atomic mass is 9.97. The van der Waals surface area contributed by atoms with Crippen molar-refractivity contribution < 1.29 is 9.90 Å². The molecule has 0 unspecified atom stereocenters. The van der Waals surface area contributed by atoms with Gasteiger partial charge >= 0.3 is 0 Å². The Balaban J connectivity index is 1.38. The largest absolute Gasteiger partial charge is 0.508 e. The summed E-state index contributed by atoms with van der Waals surface area (Å²) in [6.07, 6.45) is 4.02. The molecule has 0 aliphatic carbocycles. The molecule has 0 saturated carbocycles. The van der Waals surface area contributed by atoms with Crippen molar-refractivity contribution in [3.05, 3.63) is 41.4 Å². The van der Waals surface area contributed by atoms with Crippen LogP contribution < -0.4 is 10.2 Å². The third-order valence-electron chi connectivity index (χ3n) is 4.98. The number of imidazole rings is 1. The number of piperidine rings is 1. The summed E-state index contributed by atoms with van der Waals surface area (Å²) in [5.74, 6) is 0.866. The molecule has 1 aliphatic heterocycles. The van der Waals surface area contributed by atoms with Gasteiger partial charge in [0.05, 0.1) is 12.2 Å². The molecule has 0 bridgehead atoms. The van der Waals surface area contributed by atoms with Crippen molar-refractivity contribution in [2.24, 2.45) is 5.92 Å². The maximum atomic E-state index is 12.6. The van der Waals surface area contributed by atoms with Gasteiger partial charge in [-0.1, -0.05) is 12.1 Å². The zero-order valence-electron chi connectivity index (χ0n) is 15.2. The summed E-state index contributed by atoms with van der Waals surface area (Å²) in [5.41, 5.74) is 2.33. The highest BCUT2D eigenvalue weighted by Crippen LogP contribution is 2.27. The van der Waals surface area contributed by atoms with Gasteiger partial charge in [0.1, 0.15) is 11.3 Å². The van der Waals surface area contributed by atoms with E-state index in [0.29, 0.717) is 24.6 Å². The smallest absolute Gasteiger partial charge is 0.226 e. The predicted molar refractivity (Wildman–Crippen MR) is 106 cm³/mol. The topological polar surface area (TPSA) is 107 Å². The number of hydrogen-bond donors (Lipinski definition) is 3. The zero-order chi connectivity index (χ0) is 19.5. The van der Waals surface area contributed by atoms with E-state index in [1.165, 1.54) is 0 Å². The number of anilines is 1. The Kier molecular flexibility index (Phi) is 5.29. The number of aromatic hydroxyl groups is 1. The number of phenolic OH excluding ortho intramolecular Hbond substituents is 1. The average molecular weight is 401 g/mol. The second-order valence-electron chi connectivity index (χ2n) is 6.91. The summed E-state index contributed by atoms with van der Waals surface area (Å²) < 4.78 is 0. The van der Waals surface area contributed by atoms with E-state index in [0.717, 1.165) is 36.9 Å². The van der Waals surface area contributed by atoms with Gasteiger partial charge in [0.25, 0.3) is 0 Å². The van der Waals surface area contributed by atoms with Crippen LogP contribution in [0.5, 0.6) is 5.75 Å². The van der Waals surface area contributed by atoms with Gasteiger partial charge in [-0.05, 0) is 48.6 Å². The lowest BCUT2D eigenvalue weighted by Gasteiger charge is -2.33. The number of halogens is 1. The summed E-state index contributed by atoms with van der Waals surface area (Å²) in [6.45, 7) is 1.94. The first kappa shape index (κ1) is 18.5. The Labute approximate surface area is 167 Å². The molecule has 9 heteroatoms. The summed E-state index contributed by atoms with van der Waals surface area (Å²) >= 11 is 6.04. The fourth-order valence-corrected chi connectivity index (χ4v) is 3.70. The molecule has 3 N–H and O–H groups in total. The van der Waals surface area contributed by atoms with Crippen LogP contribution in [0.25, 0.3) is 11.2 Å². The van der Waals surface area contributed by atoms with Crippen LogP contribution >= 0.6 is 11.6 Å². The molecule has 28 heavy (non-hydrogen) atoms. The number of fused-ring (bicyclic) bond motifs is 1. The lowest BCUT2D eigenvalue weighted by Crippen LogP contribution is -2.44. The lowest BCUT2D eigenvalue weighted by molar-refractivity contribution is -0.125. The highest BCUT2D eigenvalue weighted by atomic mass is 35.5. The van der Waals surface area contributed by atoms with Crippen molar-refractivity contribution in [3.63, 3.8) is 0 Å². The minimum atomic E-state index is -0.111. The van der Waals surface area contributed by atoms with Gasteiger partial charge in [0.15, 0.2) is 11.5 Å². The van der Waals surface area contributed by atoms with Crippen LogP contribution in [0, 0.1) is 5.92 Å². The van der Waals surface area contributed by atoms with Gasteiger partial charge in [-0.25, -0.2) is 4.98 Å². The number of aromatic amines is 1. The molecule has 0 spiro atoms. The summed E-state index contributed by atoms with van der Waals surface area (Å²) in [7, 11) is 0. The van der Waals surface area contributed by atoms with E-state index in [2.05, 4.69) is 30.2 Å². The standard InChI is InChI=1S/C19H21ClN6O2/c20-19-24-16-15(22-11-23-16)17(25-19)26-9-1-2-13(10-26)18(28)21-8-7-12-3-5-14(27)6-4-12/h3-6,11,13,27H,1-2,7-10H2,(H,21,28)(H,22,23,24,25)/t13-/m0/s1. The molecule has 4 rings (SSSR count). The minimum Gasteiger partial charge on any atom is -0.508 e. The molecule has 0 radical (unpaired) electrons. The van der Waals surface area contributed by atoms with Crippen LogP contribution in [-0.4, -0.2) is 50.6 Å². The number of nitrogens with one attached hydrogen (secondary N) is 2. The molecule has 2 aromatic heterocycles. The molecule has 1 saturated heterocycles. The van der Waals surface area contributed by atoms with Crippen molar-refractivity contribution >= 4 is 34.5 Å². The number of rotatable bonds is 5. The van der Waals surface area contributed by atoms with E-state index in [9.17, 15) is 9.90 Å². The monoisotopic (exact) mass is 400 g/mol. The van der Waals surface area contributed by atoms with E-state index in [4.69, 9.17) is 11.6 Å². The van der Waals surface area contributed by atoms with Crippen molar-refractivity contribution in [2.45, 2.75) is 19.3 Å². The number of carbonyl (C=O) groups excluding carboxylic acids is 1. The highest BCUT2D eigenvalue weighted by molar-refractivity contribution is 6.28. The fourth-order valence-electron chi connectivity index (χ4n) is 3.54. The Bertz CT molecular complexity index is 974. The first-order valence-corrected chi connectivity index (χ1v) is 9.65. The molecule has 3 heterocycles. The van der Waals surface area contributed by atoms with E-state index in [1.54, 1.807) is 18.5 Å². The number of benzene rings is 1. The number of hydrogen-bond acceptors (Lipinski definition) is 6. The zero-order valence-corrected chi connectivity index (χ0v) is 16.0. The molecule has 1 aromatic carbocycles. The molecule has 1 aliphatic rings. The van der Waals surface area contributed by atoms with Gasteiger partial charge in [-0.3, -0.25) is 4.79 Å². The van der Waals surface area contributed by atoms with E-state index >= 15 is 0 Å². The Hall–Kier alpha value is -2.87. The molecule has 1 atom stereocenters. The fraction of sp³-hybridized carbons (Fsp3) is 0.368. The highest BCUT2D eigenvalue weighted by Gasteiger charge is 2.28. The van der Waals surface area contributed by atoms with E-state index in [-0.39, 0.29) is 22.9 Å². The summed E-state index contributed by atoms with van der Waals surface area (Å²) in [6, 6.07) is 7.02. The van der Waals surface area contributed by atoms with Crippen molar-refractivity contribution in [1.29, 1.82) is 0 Å². The Morgan fingerprint density at radius 1 is 1.32 bits per heavy atom. The van der Waals surface area contributed by atoms with Crippen LogP contribution in [0.3, 0.4) is 0 Å². The second-order valence-corrected chi connectivity index (χ2v) is 7.25. The molecule has 1 amide bonds. The van der Waals surface area contributed by atoms with E-state index in [1.807, 2.05) is 12.1 Å². The first-order chi connectivity index (χ1) is 13.6. The van der Waals surface area contributed by atoms with Crippen LogP contribution in [0.4, 0.5) is 5.82 Å². The first-order valence-electron chi connectivity index (χ1n) is 9.27. The normalized spacial score (nSPS) is 17.0. The third-order valence-corrected chi connectivity index (χ3v) is 5.15. The third kappa shape index (κ3) is 4.01.